The van der Waals surface area contributed by atoms with E-state index in [1.807, 2.05) is 13.8 Å². The number of amides is 1. The third kappa shape index (κ3) is 7.99. The summed E-state index contributed by atoms with van der Waals surface area (Å²) < 4.78 is 55.2. The van der Waals surface area contributed by atoms with Crippen molar-refractivity contribution in [3.63, 3.8) is 0 Å². The maximum absolute atomic E-state index is 12.8. The summed E-state index contributed by atoms with van der Waals surface area (Å²) in [4.78, 5) is 24.7. The van der Waals surface area contributed by atoms with Crippen molar-refractivity contribution in [1.82, 2.24) is 5.32 Å². The Bertz CT molecular complexity index is 1290. The molecule has 3 aromatic rings. The molecule has 0 saturated heterocycles. The van der Waals surface area contributed by atoms with Crippen molar-refractivity contribution in [1.29, 1.82) is 0 Å². The first-order valence-electron chi connectivity index (χ1n) is 12.5. The second-order valence-corrected chi connectivity index (χ2v) is 9.55. The van der Waals surface area contributed by atoms with E-state index in [4.69, 9.17) is 14.2 Å². The summed E-state index contributed by atoms with van der Waals surface area (Å²) in [6.07, 6.45) is -4.73. The number of carbonyl (C=O) groups excluding carboxylic acids is 2. The summed E-state index contributed by atoms with van der Waals surface area (Å²) in [6.45, 7) is 9.18. The molecule has 1 N–H and O–H groups in total. The fraction of sp³-hybridized carbons (Fsp3) is 0.333. The number of rotatable bonds is 10. The Labute approximate surface area is 226 Å². The Hall–Kier alpha value is -4.01. The van der Waals surface area contributed by atoms with E-state index in [2.05, 4.69) is 5.32 Å². The van der Waals surface area contributed by atoms with Crippen LogP contribution in [0.4, 0.5) is 13.2 Å². The molecule has 0 heterocycles. The minimum atomic E-state index is -4.39. The van der Waals surface area contributed by atoms with Crippen LogP contribution in [0.15, 0.2) is 66.7 Å². The Morgan fingerprint density at radius 1 is 0.923 bits per heavy atom. The summed E-state index contributed by atoms with van der Waals surface area (Å²) in [5.41, 5.74) is 0.652. The van der Waals surface area contributed by atoms with Crippen LogP contribution < -0.4 is 14.8 Å². The highest BCUT2D eigenvalue weighted by molar-refractivity contribution is 5.94. The van der Waals surface area contributed by atoms with Crippen LogP contribution in [0.1, 0.15) is 49.2 Å². The molecule has 0 aliphatic heterocycles. The molecule has 6 nitrogen and oxygen atoms in total. The number of halogens is 3. The van der Waals surface area contributed by atoms with Gasteiger partial charge in [-0.1, -0.05) is 24.3 Å². The molecule has 1 unspecified atom stereocenters. The average Bonchev–Trinajstić information content (AvgIpc) is 2.88. The standard InChI is InChI=1S/C30H32F3NO5/c1-6-37-28(36)29(4,5)39-26-16-15-25(17-19(26)2)38-20(3)18-34-27(35)23-9-7-21(8-10-23)22-11-13-24(14-12-22)30(31,32)33/h7-17,20H,6,18H2,1-5H3,(H,34,35). The molecule has 0 aromatic heterocycles. The Balaban J connectivity index is 1.53. The van der Waals surface area contributed by atoms with Crippen LogP contribution in [0.2, 0.25) is 0 Å². The molecule has 0 fully saturated rings. The van der Waals surface area contributed by atoms with E-state index in [-0.39, 0.29) is 25.2 Å². The van der Waals surface area contributed by atoms with Gasteiger partial charge in [0.25, 0.3) is 5.91 Å². The van der Waals surface area contributed by atoms with Crippen LogP contribution in [0.25, 0.3) is 11.1 Å². The first-order chi connectivity index (χ1) is 18.3. The van der Waals surface area contributed by atoms with Crippen molar-refractivity contribution in [2.45, 2.75) is 52.5 Å². The van der Waals surface area contributed by atoms with Crippen LogP contribution in [0, 0.1) is 6.92 Å². The molecule has 0 aliphatic carbocycles. The molecule has 0 bridgehead atoms. The normalized spacial score (nSPS) is 12.4. The number of nitrogens with one attached hydrogen (secondary N) is 1. The minimum Gasteiger partial charge on any atom is -0.489 e. The number of benzene rings is 3. The van der Waals surface area contributed by atoms with Gasteiger partial charge in [0.1, 0.15) is 17.6 Å². The first kappa shape index (κ1) is 29.5. The maximum atomic E-state index is 12.8. The van der Waals surface area contributed by atoms with Gasteiger partial charge >= 0.3 is 12.1 Å². The Kier molecular flexibility index (Phi) is 9.27. The van der Waals surface area contributed by atoms with Crippen LogP contribution in [-0.4, -0.2) is 36.7 Å². The minimum absolute atomic E-state index is 0.243. The van der Waals surface area contributed by atoms with E-state index in [0.29, 0.717) is 28.2 Å². The lowest BCUT2D eigenvalue weighted by molar-refractivity contribution is -0.158. The highest BCUT2D eigenvalue weighted by Crippen LogP contribution is 2.31. The maximum Gasteiger partial charge on any atom is 0.416 e. The zero-order valence-electron chi connectivity index (χ0n) is 22.5. The van der Waals surface area contributed by atoms with E-state index in [1.54, 1.807) is 63.2 Å². The zero-order chi connectivity index (χ0) is 28.8. The van der Waals surface area contributed by atoms with Gasteiger partial charge in [0, 0.05) is 5.56 Å². The summed E-state index contributed by atoms with van der Waals surface area (Å²) in [5, 5.41) is 2.82. The van der Waals surface area contributed by atoms with Crippen molar-refractivity contribution in [2.75, 3.05) is 13.2 Å². The molecule has 0 radical (unpaired) electrons. The van der Waals surface area contributed by atoms with Gasteiger partial charge in [-0.15, -0.1) is 0 Å². The molecule has 39 heavy (non-hydrogen) atoms. The molecule has 9 heteroatoms. The van der Waals surface area contributed by atoms with Gasteiger partial charge in [-0.3, -0.25) is 4.79 Å². The van der Waals surface area contributed by atoms with Crippen LogP contribution in [0.3, 0.4) is 0 Å². The number of carbonyl (C=O) groups is 2. The number of alkyl halides is 3. The molecule has 3 rings (SSSR count). The summed E-state index contributed by atoms with van der Waals surface area (Å²) in [6, 6.07) is 16.7. The van der Waals surface area contributed by atoms with Crippen LogP contribution >= 0.6 is 0 Å². The van der Waals surface area contributed by atoms with Gasteiger partial charge in [0.15, 0.2) is 5.60 Å². The largest absolute Gasteiger partial charge is 0.489 e. The quantitative estimate of drug-likeness (QED) is 0.292. The predicted octanol–water partition coefficient (Wildman–Crippen LogP) is 6.60. The molecule has 0 spiro atoms. The summed E-state index contributed by atoms with van der Waals surface area (Å²) in [7, 11) is 0. The van der Waals surface area contributed by atoms with Crippen molar-refractivity contribution in [2.24, 2.45) is 0 Å². The monoisotopic (exact) mass is 543 g/mol. The zero-order valence-corrected chi connectivity index (χ0v) is 22.5. The lowest BCUT2D eigenvalue weighted by Crippen LogP contribution is -2.39. The van der Waals surface area contributed by atoms with Crippen molar-refractivity contribution in [3.8, 4) is 22.6 Å². The molecule has 208 valence electrons. The number of hydrogen-bond acceptors (Lipinski definition) is 5. The van der Waals surface area contributed by atoms with Crippen molar-refractivity contribution in [3.05, 3.63) is 83.4 Å². The fourth-order valence-electron chi connectivity index (χ4n) is 3.71. The fourth-order valence-corrected chi connectivity index (χ4v) is 3.71. The van der Waals surface area contributed by atoms with Gasteiger partial charge in [0.05, 0.1) is 18.7 Å². The lowest BCUT2D eigenvalue weighted by atomic mass is 10.0. The van der Waals surface area contributed by atoms with E-state index in [0.717, 1.165) is 17.7 Å². The van der Waals surface area contributed by atoms with Crippen LogP contribution in [0.5, 0.6) is 11.5 Å². The van der Waals surface area contributed by atoms with Gasteiger partial charge in [-0.25, -0.2) is 4.79 Å². The number of aryl methyl sites for hydroxylation is 1. The Morgan fingerprint density at radius 3 is 2.05 bits per heavy atom. The van der Waals surface area contributed by atoms with Gasteiger partial charge < -0.3 is 19.5 Å². The molecular formula is C30H32F3NO5. The van der Waals surface area contributed by atoms with Gasteiger partial charge in [0.2, 0.25) is 0 Å². The third-order valence-electron chi connectivity index (χ3n) is 5.86. The summed E-state index contributed by atoms with van der Waals surface area (Å²) in [5.74, 6) is 0.353. The SMILES string of the molecule is CCOC(=O)C(C)(C)Oc1ccc(OC(C)CNC(=O)c2ccc(-c3ccc(C(F)(F)F)cc3)cc2)cc1C. The van der Waals surface area contributed by atoms with Gasteiger partial charge in [-0.2, -0.15) is 13.2 Å². The van der Waals surface area contributed by atoms with Gasteiger partial charge in [-0.05, 0) is 93.8 Å². The van der Waals surface area contributed by atoms with E-state index < -0.39 is 23.3 Å². The van der Waals surface area contributed by atoms with E-state index >= 15 is 0 Å². The molecule has 0 aliphatic rings. The van der Waals surface area contributed by atoms with Crippen molar-refractivity contribution < 1.29 is 37.0 Å². The number of hydrogen-bond donors (Lipinski definition) is 1. The highest BCUT2D eigenvalue weighted by atomic mass is 19.4. The molecule has 3 aromatic carbocycles. The number of ether oxygens (including phenoxy) is 3. The molecular weight excluding hydrogens is 511 g/mol. The predicted molar refractivity (Wildman–Crippen MR) is 142 cm³/mol. The third-order valence-corrected chi connectivity index (χ3v) is 5.86. The van der Waals surface area contributed by atoms with Crippen LogP contribution in [-0.2, 0) is 15.7 Å². The van der Waals surface area contributed by atoms with Crippen molar-refractivity contribution >= 4 is 11.9 Å². The molecule has 0 saturated carbocycles. The summed E-state index contributed by atoms with van der Waals surface area (Å²) >= 11 is 0. The highest BCUT2D eigenvalue weighted by Gasteiger charge is 2.32. The van der Waals surface area contributed by atoms with E-state index in [1.165, 1.54) is 12.1 Å². The Morgan fingerprint density at radius 2 is 1.51 bits per heavy atom. The topological polar surface area (TPSA) is 73.9 Å². The second-order valence-electron chi connectivity index (χ2n) is 9.55. The second kappa shape index (κ2) is 12.2. The van der Waals surface area contributed by atoms with E-state index in [9.17, 15) is 22.8 Å². The molecule has 1 amide bonds. The number of esters is 1. The smallest absolute Gasteiger partial charge is 0.416 e. The average molecular weight is 544 g/mol. The molecule has 1 atom stereocenters. The lowest BCUT2D eigenvalue weighted by Gasteiger charge is -2.25. The first-order valence-corrected chi connectivity index (χ1v) is 12.5.